The smallest absolute Gasteiger partial charge is 0.224 e. The fraction of sp³-hybridized carbons (Fsp3) is 0.562. The molecule has 0 saturated carbocycles. The summed E-state index contributed by atoms with van der Waals surface area (Å²) in [6.07, 6.45) is 1.99. The maximum absolute atomic E-state index is 12.0. The van der Waals surface area contributed by atoms with Crippen LogP contribution in [0.1, 0.15) is 12.8 Å². The zero-order chi connectivity index (χ0) is 15.8. The van der Waals surface area contributed by atoms with Crippen LogP contribution in [-0.4, -0.2) is 50.1 Å². The molecule has 0 bridgehead atoms. The molecular weight excluding hydrogens is 337 g/mol. The van der Waals surface area contributed by atoms with E-state index < -0.39 is 0 Å². The number of piperidine rings is 1. The topological polar surface area (TPSA) is 67.6 Å². The van der Waals surface area contributed by atoms with Gasteiger partial charge in [0.15, 0.2) is 0 Å². The van der Waals surface area contributed by atoms with Gasteiger partial charge in [-0.05, 0) is 37.6 Å². The van der Waals surface area contributed by atoms with Crippen molar-refractivity contribution in [3.05, 3.63) is 29.3 Å². The Balaban J connectivity index is 0.00000264. The number of nitrogens with one attached hydrogen (secondary N) is 1. The molecule has 1 aliphatic rings. The minimum absolute atomic E-state index is 0. The van der Waals surface area contributed by atoms with Crippen molar-refractivity contribution in [2.75, 3.05) is 39.3 Å². The van der Waals surface area contributed by atoms with Gasteiger partial charge in [0.2, 0.25) is 5.91 Å². The molecule has 0 radical (unpaired) electrons. The molecule has 1 heterocycles. The highest BCUT2D eigenvalue weighted by molar-refractivity contribution is 6.30. The number of carbonyl (C=O) groups is 1. The highest BCUT2D eigenvalue weighted by Crippen LogP contribution is 2.18. The molecule has 1 unspecified atom stereocenters. The number of rotatable bonds is 7. The van der Waals surface area contributed by atoms with Crippen LogP contribution < -0.4 is 15.8 Å². The summed E-state index contributed by atoms with van der Waals surface area (Å²) in [7, 11) is 0. The van der Waals surface area contributed by atoms with E-state index in [9.17, 15) is 4.79 Å². The van der Waals surface area contributed by atoms with Gasteiger partial charge in [0, 0.05) is 31.2 Å². The number of carbonyl (C=O) groups excluding carboxylic acids is 1. The molecule has 1 atom stereocenters. The van der Waals surface area contributed by atoms with E-state index in [1.807, 2.05) is 18.2 Å². The third kappa shape index (κ3) is 6.96. The average molecular weight is 362 g/mol. The van der Waals surface area contributed by atoms with Crippen molar-refractivity contribution < 1.29 is 9.53 Å². The lowest BCUT2D eigenvalue weighted by Crippen LogP contribution is -2.45. The summed E-state index contributed by atoms with van der Waals surface area (Å²) in [6, 6.07) is 7.39. The first kappa shape index (κ1) is 20.0. The Morgan fingerprint density at radius 1 is 1.48 bits per heavy atom. The molecule has 1 aromatic rings. The summed E-state index contributed by atoms with van der Waals surface area (Å²) >= 11 is 5.92. The second kappa shape index (κ2) is 10.7. The van der Waals surface area contributed by atoms with Crippen LogP contribution in [0.4, 0.5) is 0 Å². The van der Waals surface area contributed by atoms with E-state index in [-0.39, 0.29) is 24.2 Å². The molecule has 130 valence electrons. The fourth-order valence-electron chi connectivity index (χ4n) is 2.66. The second-order valence-electron chi connectivity index (χ2n) is 5.53. The number of halogens is 2. The van der Waals surface area contributed by atoms with Gasteiger partial charge in [-0.2, -0.15) is 0 Å². The van der Waals surface area contributed by atoms with Gasteiger partial charge in [-0.25, -0.2) is 0 Å². The number of nitrogens with zero attached hydrogens (tertiary/aromatic N) is 1. The molecular formula is C16H25Cl2N3O2. The van der Waals surface area contributed by atoms with Crippen LogP contribution in [-0.2, 0) is 4.79 Å². The fourth-order valence-corrected chi connectivity index (χ4v) is 2.84. The van der Waals surface area contributed by atoms with Crippen LogP contribution in [0.25, 0.3) is 0 Å². The lowest BCUT2D eigenvalue weighted by Gasteiger charge is -2.31. The van der Waals surface area contributed by atoms with E-state index in [0.29, 0.717) is 24.7 Å². The molecule has 1 aliphatic heterocycles. The van der Waals surface area contributed by atoms with Gasteiger partial charge in [-0.1, -0.05) is 17.7 Å². The molecule has 23 heavy (non-hydrogen) atoms. The monoisotopic (exact) mass is 361 g/mol. The van der Waals surface area contributed by atoms with E-state index in [2.05, 4.69) is 10.2 Å². The highest BCUT2D eigenvalue weighted by Gasteiger charge is 2.25. The number of amides is 1. The Hall–Kier alpha value is -1.01. The Labute approximate surface area is 148 Å². The van der Waals surface area contributed by atoms with E-state index in [1.165, 1.54) is 0 Å². The number of benzene rings is 1. The predicted molar refractivity (Wildman–Crippen MR) is 95.4 cm³/mol. The van der Waals surface area contributed by atoms with Crippen LogP contribution in [0, 0.1) is 5.92 Å². The minimum Gasteiger partial charge on any atom is -0.492 e. The molecule has 1 fully saturated rings. The summed E-state index contributed by atoms with van der Waals surface area (Å²) < 4.78 is 5.71. The quantitative estimate of drug-likeness (QED) is 0.778. The van der Waals surface area contributed by atoms with E-state index >= 15 is 0 Å². The number of hydrogen-bond donors (Lipinski definition) is 2. The first-order chi connectivity index (χ1) is 10.7. The number of hydrogen-bond acceptors (Lipinski definition) is 4. The van der Waals surface area contributed by atoms with Gasteiger partial charge in [0.1, 0.15) is 12.4 Å². The Bertz CT molecular complexity index is 488. The van der Waals surface area contributed by atoms with Gasteiger partial charge in [-0.15, -0.1) is 12.4 Å². The SMILES string of the molecule is Cl.NCCNC(=O)C1CCCN(CCOc2cccc(Cl)c2)C1. The number of likely N-dealkylation sites (tertiary alicyclic amines) is 1. The predicted octanol–water partition coefficient (Wildman–Crippen LogP) is 1.93. The van der Waals surface area contributed by atoms with Gasteiger partial charge in [0.25, 0.3) is 0 Å². The van der Waals surface area contributed by atoms with Crippen molar-refractivity contribution in [1.82, 2.24) is 10.2 Å². The molecule has 7 heteroatoms. The van der Waals surface area contributed by atoms with Gasteiger partial charge in [-0.3, -0.25) is 9.69 Å². The summed E-state index contributed by atoms with van der Waals surface area (Å²) in [6.45, 7) is 4.24. The molecule has 5 nitrogen and oxygen atoms in total. The molecule has 3 N–H and O–H groups in total. The molecule has 0 aromatic heterocycles. The molecule has 0 spiro atoms. The highest BCUT2D eigenvalue weighted by atomic mass is 35.5. The Kier molecular flexibility index (Phi) is 9.33. The lowest BCUT2D eigenvalue weighted by atomic mass is 9.97. The number of nitrogens with two attached hydrogens (primary N) is 1. The summed E-state index contributed by atoms with van der Waals surface area (Å²) in [4.78, 5) is 14.3. The Morgan fingerprint density at radius 3 is 3.04 bits per heavy atom. The molecule has 0 aliphatic carbocycles. The van der Waals surface area contributed by atoms with Crippen LogP contribution in [0.5, 0.6) is 5.75 Å². The average Bonchev–Trinajstić information content (AvgIpc) is 2.53. The van der Waals surface area contributed by atoms with Gasteiger partial charge in [0.05, 0.1) is 5.92 Å². The Morgan fingerprint density at radius 2 is 2.30 bits per heavy atom. The van der Waals surface area contributed by atoms with Crippen molar-refractivity contribution in [3.8, 4) is 5.75 Å². The summed E-state index contributed by atoms with van der Waals surface area (Å²) in [5.74, 6) is 0.958. The van der Waals surface area contributed by atoms with Crippen LogP contribution in [0.15, 0.2) is 24.3 Å². The largest absolute Gasteiger partial charge is 0.492 e. The van der Waals surface area contributed by atoms with Crippen LogP contribution >= 0.6 is 24.0 Å². The zero-order valence-electron chi connectivity index (χ0n) is 13.2. The van der Waals surface area contributed by atoms with Crippen molar-refractivity contribution in [1.29, 1.82) is 0 Å². The van der Waals surface area contributed by atoms with Crippen molar-refractivity contribution in [2.24, 2.45) is 11.7 Å². The van der Waals surface area contributed by atoms with E-state index in [1.54, 1.807) is 6.07 Å². The number of ether oxygens (including phenoxy) is 1. The lowest BCUT2D eigenvalue weighted by molar-refractivity contribution is -0.126. The van der Waals surface area contributed by atoms with Gasteiger partial charge >= 0.3 is 0 Å². The first-order valence-electron chi connectivity index (χ1n) is 7.77. The maximum atomic E-state index is 12.0. The normalized spacial score (nSPS) is 18.1. The molecule has 1 aromatic carbocycles. The van der Waals surface area contributed by atoms with Crippen LogP contribution in [0.2, 0.25) is 5.02 Å². The third-order valence-corrected chi connectivity index (χ3v) is 4.03. The minimum atomic E-state index is 0. The van der Waals surface area contributed by atoms with Crippen LogP contribution in [0.3, 0.4) is 0 Å². The van der Waals surface area contributed by atoms with Crippen molar-refractivity contribution in [3.63, 3.8) is 0 Å². The second-order valence-corrected chi connectivity index (χ2v) is 5.96. The molecule has 1 amide bonds. The van der Waals surface area contributed by atoms with Crippen molar-refractivity contribution in [2.45, 2.75) is 12.8 Å². The third-order valence-electron chi connectivity index (χ3n) is 3.79. The van der Waals surface area contributed by atoms with Crippen molar-refractivity contribution >= 4 is 29.9 Å². The maximum Gasteiger partial charge on any atom is 0.224 e. The standard InChI is InChI=1S/C16H24ClN3O2.ClH/c17-14-4-1-5-15(11-14)22-10-9-20-8-2-3-13(12-20)16(21)19-7-6-18;/h1,4-5,11,13H,2-3,6-10,12,18H2,(H,19,21);1H. The molecule has 2 rings (SSSR count). The van der Waals surface area contributed by atoms with Gasteiger partial charge < -0.3 is 15.8 Å². The first-order valence-corrected chi connectivity index (χ1v) is 8.15. The van der Waals surface area contributed by atoms with E-state index in [0.717, 1.165) is 38.2 Å². The summed E-state index contributed by atoms with van der Waals surface area (Å²) in [5.41, 5.74) is 5.41. The molecule has 1 saturated heterocycles. The zero-order valence-corrected chi connectivity index (χ0v) is 14.7. The van der Waals surface area contributed by atoms with E-state index in [4.69, 9.17) is 22.1 Å². The summed E-state index contributed by atoms with van der Waals surface area (Å²) in [5, 5.41) is 3.55.